The summed E-state index contributed by atoms with van der Waals surface area (Å²) in [5.41, 5.74) is 0.528. The highest BCUT2D eigenvalue weighted by atomic mass is 32.2. The van der Waals surface area contributed by atoms with Gasteiger partial charge in [-0.05, 0) is 49.9 Å². The predicted octanol–water partition coefficient (Wildman–Crippen LogP) is 3.78. The van der Waals surface area contributed by atoms with Gasteiger partial charge in [0.05, 0.1) is 30.2 Å². The average molecular weight is 534 g/mol. The van der Waals surface area contributed by atoms with Gasteiger partial charge in [0.2, 0.25) is 5.91 Å². The van der Waals surface area contributed by atoms with Crippen LogP contribution in [0.15, 0.2) is 41.6 Å². The largest absolute Gasteiger partial charge is 0.391 e. The molecule has 1 N–H and O–H groups in total. The van der Waals surface area contributed by atoms with Gasteiger partial charge < -0.3 is 10.2 Å². The van der Waals surface area contributed by atoms with Crippen molar-refractivity contribution in [3.05, 3.63) is 48.2 Å². The molecule has 3 heterocycles. The van der Waals surface area contributed by atoms with Crippen molar-refractivity contribution in [1.82, 2.24) is 19.6 Å². The lowest BCUT2D eigenvalue weighted by atomic mass is 9.96. The Labute approximate surface area is 208 Å². The number of aromatic nitrogens is 2. The Kier molecular flexibility index (Phi) is 9.71. The molecule has 2 aliphatic heterocycles. The smallest absolute Gasteiger partial charge is 0.356 e. The Balaban J connectivity index is 0.00000176. The number of alkyl halides is 4. The van der Waals surface area contributed by atoms with Crippen LogP contribution in [0.5, 0.6) is 0 Å². The van der Waals surface area contributed by atoms with Crippen LogP contribution in [-0.2, 0) is 22.3 Å². The van der Waals surface area contributed by atoms with E-state index in [9.17, 15) is 31.0 Å². The van der Waals surface area contributed by atoms with E-state index in [1.54, 1.807) is 15.3 Å². The average Bonchev–Trinajstić information content (AvgIpc) is 3.38. The van der Waals surface area contributed by atoms with E-state index in [-0.39, 0.29) is 38.4 Å². The molecule has 7 nitrogen and oxygen atoms in total. The number of nitrogens with zero attached hydrogens (tertiary/aromatic N) is 4. The first-order valence-electron chi connectivity index (χ1n) is 11.4. The number of carbonyl (C=O) groups excluding carboxylic acids is 1. The lowest BCUT2D eigenvalue weighted by molar-refractivity contribution is -0.179. The molecule has 2 aliphatic rings. The van der Waals surface area contributed by atoms with E-state index in [0.717, 1.165) is 0 Å². The van der Waals surface area contributed by atoms with Gasteiger partial charge in [0.1, 0.15) is 35.0 Å². The van der Waals surface area contributed by atoms with Crippen molar-refractivity contribution >= 4 is 22.7 Å². The minimum Gasteiger partial charge on any atom is -0.356 e. The van der Waals surface area contributed by atoms with Gasteiger partial charge in [-0.25, -0.2) is 22.9 Å². The topological polar surface area (TPSA) is 78.4 Å². The molecule has 2 saturated heterocycles. The second kappa shape index (κ2) is 12.5. The Morgan fingerprint density at radius 2 is 1.75 bits per heavy atom. The quantitative estimate of drug-likeness (QED) is 0.572. The zero-order chi connectivity index (χ0) is 26.3. The monoisotopic (exact) mass is 533 g/mol. The van der Waals surface area contributed by atoms with Crippen LogP contribution in [-0.4, -0.2) is 63.4 Å². The van der Waals surface area contributed by atoms with Crippen LogP contribution < -0.4 is 10.2 Å². The lowest BCUT2D eigenvalue weighted by Gasteiger charge is -2.33. The molecule has 2 fully saturated rings. The van der Waals surface area contributed by atoms with E-state index < -0.39 is 34.9 Å². The fourth-order valence-corrected chi connectivity index (χ4v) is 5.64. The minimum atomic E-state index is -4.18. The van der Waals surface area contributed by atoms with E-state index in [4.69, 9.17) is 0 Å². The number of halogens is 5. The zero-order valence-corrected chi connectivity index (χ0v) is 20.5. The SMILES string of the molecule is CF.O=C(NCc1cc(N2CCC(C(F)(F)F)CC2)ncn1)C1CCCN1S(=O)c1ccc(F)cc1. The minimum absolute atomic E-state index is 0.0162. The van der Waals surface area contributed by atoms with Gasteiger partial charge in [-0.3, -0.25) is 9.18 Å². The first-order valence-corrected chi connectivity index (χ1v) is 12.6. The third kappa shape index (κ3) is 6.96. The standard InChI is InChI=1S/C22H25F4N5O2S.CH3F/c23-16-3-5-18(6-4-16)34(33)31-9-1-2-19(31)21(32)27-13-17-12-20(29-14-28-17)30-10-7-15(8-11-30)22(24,25)26;1-2/h3-6,12,14-15,19H,1-2,7-11,13H2,(H,27,32);1H3. The predicted molar refractivity (Wildman–Crippen MR) is 124 cm³/mol. The summed E-state index contributed by atoms with van der Waals surface area (Å²) >= 11 is 0. The van der Waals surface area contributed by atoms with Crippen molar-refractivity contribution in [1.29, 1.82) is 0 Å². The number of hydrogen-bond acceptors (Lipinski definition) is 5. The molecular weight excluding hydrogens is 505 g/mol. The normalized spacial score (nSPS) is 19.9. The molecule has 0 aliphatic carbocycles. The summed E-state index contributed by atoms with van der Waals surface area (Å²) in [5, 5.41) is 2.81. The molecular formula is C23H28F5N5O2S. The molecule has 4 rings (SSSR count). The number of hydrogen-bond donors (Lipinski definition) is 1. The molecule has 198 valence electrons. The highest BCUT2D eigenvalue weighted by molar-refractivity contribution is 7.82. The maximum Gasteiger partial charge on any atom is 0.391 e. The van der Waals surface area contributed by atoms with Crippen LogP contribution in [0.2, 0.25) is 0 Å². The molecule has 0 radical (unpaired) electrons. The van der Waals surface area contributed by atoms with E-state index >= 15 is 0 Å². The van der Waals surface area contributed by atoms with Gasteiger partial charge in [-0.1, -0.05) is 0 Å². The second-order valence-electron chi connectivity index (χ2n) is 8.39. The third-order valence-electron chi connectivity index (χ3n) is 6.17. The van der Waals surface area contributed by atoms with Crippen LogP contribution in [0.4, 0.5) is 27.8 Å². The van der Waals surface area contributed by atoms with Gasteiger partial charge in [0.25, 0.3) is 0 Å². The van der Waals surface area contributed by atoms with E-state index in [0.29, 0.717) is 43.0 Å². The second-order valence-corrected chi connectivity index (χ2v) is 9.83. The number of benzene rings is 1. The highest BCUT2D eigenvalue weighted by Gasteiger charge is 2.41. The number of nitrogens with one attached hydrogen (secondary N) is 1. The van der Waals surface area contributed by atoms with Crippen LogP contribution in [0, 0.1) is 11.7 Å². The fraction of sp³-hybridized carbons (Fsp3) is 0.522. The molecule has 13 heteroatoms. The van der Waals surface area contributed by atoms with Crippen molar-refractivity contribution < 1.29 is 31.0 Å². The van der Waals surface area contributed by atoms with Gasteiger partial charge in [0, 0.05) is 25.7 Å². The molecule has 0 spiro atoms. The maximum atomic E-state index is 13.2. The molecule has 0 saturated carbocycles. The van der Waals surface area contributed by atoms with E-state index in [2.05, 4.69) is 15.3 Å². The summed E-state index contributed by atoms with van der Waals surface area (Å²) in [4.78, 5) is 23.4. The first-order chi connectivity index (χ1) is 17.2. The van der Waals surface area contributed by atoms with E-state index in [1.807, 2.05) is 0 Å². The van der Waals surface area contributed by atoms with Crippen LogP contribution >= 0.6 is 0 Å². The van der Waals surface area contributed by atoms with Crippen LogP contribution in [0.25, 0.3) is 0 Å². The molecule has 2 atom stereocenters. The lowest BCUT2D eigenvalue weighted by Crippen LogP contribution is -2.43. The zero-order valence-electron chi connectivity index (χ0n) is 19.7. The van der Waals surface area contributed by atoms with Crippen LogP contribution in [0.1, 0.15) is 31.4 Å². The number of amides is 1. The van der Waals surface area contributed by atoms with Gasteiger partial charge in [-0.15, -0.1) is 0 Å². The van der Waals surface area contributed by atoms with E-state index in [1.165, 1.54) is 30.6 Å². The summed E-state index contributed by atoms with van der Waals surface area (Å²) in [5.74, 6) is -1.48. The molecule has 2 aromatic rings. The number of piperidine rings is 1. The van der Waals surface area contributed by atoms with Crippen molar-refractivity contribution in [2.45, 2.75) is 49.3 Å². The Morgan fingerprint density at radius 3 is 2.39 bits per heavy atom. The number of rotatable bonds is 6. The first kappa shape index (κ1) is 27.9. The van der Waals surface area contributed by atoms with Gasteiger partial charge in [0.15, 0.2) is 0 Å². The third-order valence-corrected chi connectivity index (χ3v) is 7.71. The van der Waals surface area contributed by atoms with Gasteiger partial charge >= 0.3 is 6.18 Å². The summed E-state index contributed by atoms with van der Waals surface area (Å²) in [6.45, 7) is 1.09. The summed E-state index contributed by atoms with van der Waals surface area (Å²) in [6, 6.07) is 6.43. The number of anilines is 1. The van der Waals surface area contributed by atoms with Crippen molar-refractivity contribution in [3.63, 3.8) is 0 Å². The van der Waals surface area contributed by atoms with Crippen LogP contribution in [0.3, 0.4) is 0 Å². The summed E-state index contributed by atoms with van der Waals surface area (Å²) in [6.07, 6.45) is -1.57. The fourth-order valence-electron chi connectivity index (χ4n) is 4.27. The Bertz CT molecular complexity index is 1030. The highest BCUT2D eigenvalue weighted by Crippen LogP contribution is 2.35. The Hall–Kier alpha value is -2.67. The molecule has 2 unspecified atom stereocenters. The molecule has 1 aromatic carbocycles. The van der Waals surface area contributed by atoms with Crippen molar-refractivity contribution in [2.24, 2.45) is 5.92 Å². The van der Waals surface area contributed by atoms with Crippen molar-refractivity contribution in [2.75, 3.05) is 31.7 Å². The molecule has 0 bridgehead atoms. The molecule has 1 aromatic heterocycles. The van der Waals surface area contributed by atoms with Gasteiger partial charge in [-0.2, -0.15) is 13.2 Å². The maximum absolute atomic E-state index is 13.2. The molecule has 36 heavy (non-hydrogen) atoms. The van der Waals surface area contributed by atoms with Crippen molar-refractivity contribution in [3.8, 4) is 0 Å². The summed E-state index contributed by atoms with van der Waals surface area (Å²) < 4.78 is 75.9. The Morgan fingerprint density at radius 1 is 1.08 bits per heavy atom. The summed E-state index contributed by atoms with van der Waals surface area (Å²) in [7, 11) is -1.09. The molecule has 1 amide bonds. The number of carbonyl (C=O) groups is 1.